The predicted molar refractivity (Wildman–Crippen MR) is 84.6 cm³/mol. The molecule has 1 fully saturated rings. The van der Waals surface area contributed by atoms with E-state index in [1.54, 1.807) is 28.1 Å². The molecule has 0 aliphatic carbocycles. The number of nitrogen functional groups attached to an aromatic ring is 1. The molecule has 7 nitrogen and oxygen atoms in total. The molecule has 2 rings (SSSR count). The van der Waals surface area contributed by atoms with Gasteiger partial charge in [0.25, 0.3) is 0 Å². The van der Waals surface area contributed by atoms with Gasteiger partial charge in [-0.25, -0.2) is 0 Å². The van der Waals surface area contributed by atoms with Crippen LogP contribution in [0.2, 0.25) is 0 Å². The van der Waals surface area contributed by atoms with E-state index in [1.807, 2.05) is 0 Å². The number of anilines is 1. The number of hydrogen-bond donors (Lipinski definition) is 1. The fourth-order valence-corrected chi connectivity index (χ4v) is 2.23. The fraction of sp³-hybridized carbons (Fsp3) is 0.500. The van der Waals surface area contributed by atoms with Crippen molar-refractivity contribution >= 4 is 29.9 Å². The lowest BCUT2D eigenvalue weighted by molar-refractivity contribution is -0.141. The van der Waals surface area contributed by atoms with E-state index in [1.165, 1.54) is 7.11 Å². The summed E-state index contributed by atoms with van der Waals surface area (Å²) in [7, 11) is 1.50. The normalized spacial score (nSPS) is 14.4. The van der Waals surface area contributed by atoms with E-state index in [0.717, 1.165) is 0 Å². The van der Waals surface area contributed by atoms with E-state index >= 15 is 0 Å². The number of hydrogen-bond acceptors (Lipinski definition) is 5. The molecule has 1 saturated heterocycles. The first-order valence-corrected chi connectivity index (χ1v) is 6.85. The molecule has 22 heavy (non-hydrogen) atoms. The van der Waals surface area contributed by atoms with E-state index in [2.05, 4.69) is 4.98 Å². The highest BCUT2D eigenvalue weighted by molar-refractivity contribution is 5.85. The summed E-state index contributed by atoms with van der Waals surface area (Å²) in [5.74, 6) is -0.0177. The van der Waals surface area contributed by atoms with Crippen LogP contribution in [0.25, 0.3) is 0 Å². The number of nitrogens with zero attached hydrogens (tertiary/aromatic N) is 3. The number of rotatable bonds is 4. The van der Waals surface area contributed by atoms with Crippen molar-refractivity contribution in [2.24, 2.45) is 0 Å². The zero-order valence-electron chi connectivity index (χ0n) is 12.5. The van der Waals surface area contributed by atoms with E-state index in [9.17, 15) is 9.59 Å². The summed E-state index contributed by atoms with van der Waals surface area (Å²) in [6, 6.07) is 3.49. The largest absolute Gasteiger partial charge is 0.397 e. The molecule has 0 saturated carbocycles. The molecule has 122 valence electrons. The zero-order chi connectivity index (χ0) is 15.2. The maximum absolute atomic E-state index is 12.2. The van der Waals surface area contributed by atoms with Crippen LogP contribution in [-0.2, 0) is 20.7 Å². The number of halogens is 1. The Kier molecular flexibility index (Phi) is 7.07. The van der Waals surface area contributed by atoms with Gasteiger partial charge in [-0.15, -0.1) is 12.4 Å². The molecular formula is C14H21ClN4O3. The third-order valence-corrected chi connectivity index (χ3v) is 3.43. The Balaban J connectivity index is 0.00000242. The summed E-state index contributed by atoms with van der Waals surface area (Å²) in [6.45, 7) is 2.27. The fourth-order valence-electron chi connectivity index (χ4n) is 2.23. The molecule has 0 spiro atoms. The van der Waals surface area contributed by atoms with Crippen LogP contribution in [0.3, 0.4) is 0 Å². The lowest BCUT2D eigenvalue weighted by Gasteiger charge is -2.34. The summed E-state index contributed by atoms with van der Waals surface area (Å²) < 4.78 is 4.83. The van der Waals surface area contributed by atoms with Crippen molar-refractivity contribution in [2.75, 3.05) is 45.6 Å². The van der Waals surface area contributed by atoms with Crippen LogP contribution in [0, 0.1) is 0 Å². The minimum Gasteiger partial charge on any atom is -0.397 e. The highest BCUT2D eigenvalue weighted by Crippen LogP contribution is 2.07. The first-order valence-electron chi connectivity index (χ1n) is 6.85. The topological polar surface area (TPSA) is 88.8 Å². The standard InChI is InChI=1S/C14H20N4O3.ClH/c1-21-10-14(20)18-6-4-17(5-7-18)13(19)8-12-3-2-11(15)9-16-12;/h2-3,9H,4-8,10,15H2,1H3;1H. The second kappa shape index (κ2) is 8.55. The van der Waals surface area contributed by atoms with Gasteiger partial charge in [0, 0.05) is 39.0 Å². The minimum atomic E-state index is -0.0372. The summed E-state index contributed by atoms with van der Waals surface area (Å²) >= 11 is 0. The molecule has 8 heteroatoms. The highest BCUT2D eigenvalue weighted by atomic mass is 35.5. The average molecular weight is 329 g/mol. The minimum absolute atomic E-state index is 0. The van der Waals surface area contributed by atoms with Gasteiger partial charge in [-0.2, -0.15) is 0 Å². The molecule has 1 aromatic heterocycles. The molecule has 1 aliphatic heterocycles. The maximum atomic E-state index is 12.2. The molecule has 2 heterocycles. The van der Waals surface area contributed by atoms with Gasteiger partial charge in [-0.1, -0.05) is 0 Å². The molecule has 2 N–H and O–H groups in total. The van der Waals surface area contributed by atoms with Gasteiger partial charge in [0.1, 0.15) is 6.61 Å². The zero-order valence-corrected chi connectivity index (χ0v) is 13.3. The van der Waals surface area contributed by atoms with Crippen LogP contribution in [0.5, 0.6) is 0 Å². The van der Waals surface area contributed by atoms with Crippen molar-refractivity contribution < 1.29 is 14.3 Å². The van der Waals surface area contributed by atoms with E-state index in [4.69, 9.17) is 10.5 Å². The number of ether oxygens (including phenoxy) is 1. The lowest BCUT2D eigenvalue weighted by Crippen LogP contribution is -2.51. The summed E-state index contributed by atoms with van der Waals surface area (Å²) in [5.41, 5.74) is 6.84. The molecule has 1 aromatic rings. The molecule has 0 radical (unpaired) electrons. The summed E-state index contributed by atoms with van der Waals surface area (Å²) in [6.07, 6.45) is 1.80. The lowest BCUT2D eigenvalue weighted by atomic mass is 10.2. The second-order valence-electron chi connectivity index (χ2n) is 4.95. The SMILES string of the molecule is COCC(=O)N1CCN(C(=O)Cc2ccc(N)cn2)CC1.Cl. The van der Waals surface area contributed by atoms with E-state index in [0.29, 0.717) is 37.6 Å². The number of aromatic nitrogens is 1. The number of pyridine rings is 1. The van der Waals surface area contributed by atoms with Crippen LogP contribution in [0.4, 0.5) is 5.69 Å². The average Bonchev–Trinajstić information content (AvgIpc) is 2.50. The van der Waals surface area contributed by atoms with Gasteiger partial charge >= 0.3 is 0 Å². The van der Waals surface area contributed by atoms with Crippen molar-refractivity contribution in [3.05, 3.63) is 24.0 Å². The summed E-state index contributed by atoms with van der Waals surface area (Å²) in [4.78, 5) is 31.5. The van der Waals surface area contributed by atoms with Crippen molar-refractivity contribution in [3.63, 3.8) is 0 Å². The van der Waals surface area contributed by atoms with Crippen molar-refractivity contribution in [1.29, 1.82) is 0 Å². The number of amides is 2. The third-order valence-electron chi connectivity index (χ3n) is 3.43. The second-order valence-corrected chi connectivity index (χ2v) is 4.95. The molecule has 1 aliphatic rings. The van der Waals surface area contributed by atoms with Crippen LogP contribution in [-0.4, -0.2) is 66.5 Å². The number of nitrogens with two attached hydrogens (primary N) is 1. The smallest absolute Gasteiger partial charge is 0.248 e. The van der Waals surface area contributed by atoms with Crippen molar-refractivity contribution in [2.45, 2.75) is 6.42 Å². The third kappa shape index (κ3) is 4.85. The number of piperazine rings is 1. The van der Waals surface area contributed by atoms with Gasteiger partial charge in [0.05, 0.1) is 18.3 Å². The monoisotopic (exact) mass is 328 g/mol. The van der Waals surface area contributed by atoms with Gasteiger partial charge in [0.2, 0.25) is 11.8 Å². The van der Waals surface area contributed by atoms with E-state index < -0.39 is 0 Å². The number of methoxy groups -OCH3 is 1. The van der Waals surface area contributed by atoms with Gasteiger partial charge in [-0.3, -0.25) is 14.6 Å². The molecular weight excluding hydrogens is 308 g/mol. The first kappa shape index (κ1) is 18.2. The van der Waals surface area contributed by atoms with Crippen LogP contribution in [0.1, 0.15) is 5.69 Å². The molecule has 0 unspecified atom stereocenters. The Morgan fingerprint density at radius 3 is 2.27 bits per heavy atom. The maximum Gasteiger partial charge on any atom is 0.248 e. The summed E-state index contributed by atoms with van der Waals surface area (Å²) in [5, 5.41) is 0. The Labute approximate surface area is 135 Å². The van der Waals surface area contributed by atoms with Gasteiger partial charge < -0.3 is 20.3 Å². The Morgan fingerprint density at radius 1 is 1.18 bits per heavy atom. The van der Waals surface area contributed by atoms with Gasteiger partial charge in [0.15, 0.2) is 0 Å². The van der Waals surface area contributed by atoms with Crippen molar-refractivity contribution in [3.8, 4) is 0 Å². The van der Waals surface area contributed by atoms with Crippen molar-refractivity contribution in [1.82, 2.24) is 14.8 Å². The molecule has 2 amide bonds. The highest BCUT2D eigenvalue weighted by Gasteiger charge is 2.24. The number of carbonyl (C=O) groups is 2. The molecule has 0 aromatic carbocycles. The molecule has 0 bridgehead atoms. The Hall–Kier alpha value is -1.86. The quantitative estimate of drug-likeness (QED) is 0.837. The first-order chi connectivity index (χ1) is 10.1. The van der Waals surface area contributed by atoms with Crippen LogP contribution >= 0.6 is 12.4 Å². The Morgan fingerprint density at radius 2 is 1.77 bits per heavy atom. The number of carbonyl (C=O) groups excluding carboxylic acids is 2. The Bertz CT molecular complexity index is 501. The van der Waals surface area contributed by atoms with Gasteiger partial charge in [-0.05, 0) is 12.1 Å². The molecule has 0 atom stereocenters. The predicted octanol–water partition coefficient (Wildman–Crippen LogP) is -0.0547. The van der Waals surface area contributed by atoms with Crippen LogP contribution < -0.4 is 5.73 Å². The van der Waals surface area contributed by atoms with Crippen LogP contribution in [0.15, 0.2) is 18.3 Å². The van der Waals surface area contributed by atoms with E-state index in [-0.39, 0.29) is 37.2 Å².